The highest BCUT2D eigenvalue weighted by Gasteiger charge is 2.39. The highest BCUT2D eigenvalue weighted by Crippen LogP contribution is 2.41. The molecular weight excluding hydrogens is 571 g/mol. The maximum absolute atomic E-state index is 13.0. The number of nitrogens with zero attached hydrogens (tertiary/aromatic N) is 4. The van der Waals surface area contributed by atoms with E-state index in [9.17, 15) is 4.79 Å². The fourth-order valence-electron chi connectivity index (χ4n) is 5.22. The minimum absolute atomic E-state index is 0.147. The zero-order valence-corrected chi connectivity index (χ0v) is 24.6. The maximum atomic E-state index is 13.0. The number of para-hydroxylation sites is 1. The summed E-state index contributed by atoms with van der Waals surface area (Å²) in [6.07, 6.45) is -0.436. The van der Waals surface area contributed by atoms with Gasteiger partial charge in [0.2, 0.25) is 0 Å². The summed E-state index contributed by atoms with van der Waals surface area (Å²) in [5.41, 5.74) is 4.42. The van der Waals surface area contributed by atoms with E-state index in [4.69, 9.17) is 37.8 Å². The van der Waals surface area contributed by atoms with Gasteiger partial charge in [0.15, 0.2) is 17.8 Å². The average Bonchev–Trinajstić information content (AvgIpc) is 3.43. The van der Waals surface area contributed by atoms with Crippen molar-refractivity contribution in [2.24, 2.45) is 5.10 Å². The molecule has 1 fully saturated rings. The van der Waals surface area contributed by atoms with E-state index >= 15 is 0 Å². The van der Waals surface area contributed by atoms with E-state index in [0.717, 1.165) is 41.3 Å². The molecule has 0 unspecified atom stereocenters. The van der Waals surface area contributed by atoms with Crippen molar-refractivity contribution in [1.29, 1.82) is 0 Å². The molecule has 2 aliphatic rings. The smallest absolute Gasteiger partial charge is 0.198 e. The molecule has 2 aliphatic heterocycles. The highest BCUT2D eigenvalue weighted by atomic mass is 35.5. The van der Waals surface area contributed by atoms with Crippen LogP contribution in [0, 0.1) is 0 Å². The summed E-state index contributed by atoms with van der Waals surface area (Å²) < 4.78 is 11.5. The number of carbonyl (C=O) groups excluding carboxylic acids is 1. The van der Waals surface area contributed by atoms with Gasteiger partial charge >= 0.3 is 0 Å². The van der Waals surface area contributed by atoms with Crippen LogP contribution < -0.4 is 19.5 Å². The molecule has 2 heterocycles. The first-order valence-electron chi connectivity index (χ1n) is 13.8. The Labute approximate surface area is 255 Å². The minimum atomic E-state index is -0.436. The van der Waals surface area contributed by atoms with E-state index in [1.807, 2.05) is 107 Å². The fraction of sp³-hybridized carbons (Fsp3) is 0.212. The number of carbonyl (C=O) groups is 1. The molecule has 7 nitrogen and oxygen atoms in total. The number of ketones is 1. The summed E-state index contributed by atoms with van der Waals surface area (Å²) in [5, 5.41) is 7.99. The van der Waals surface area contributed by atoms with Crippen molar-refractivity contribution in [2.45, 2.75) is 19.7 Å². The molecule has 0 amide bonds. The Balaban J connectivity index is 1.35. The van der Waals surface area contributed by atoms with Crippen LogP contribution in [-0.4, -0.2) is 37.9 Å². The van der Waals surface area contributed by atoms with Gasteiger partial charge in [-0.15, -0.1) is 5.10 Å². The Hall–Kier alpha value is -4.04. The molecule has 0 aromatic heterocycles. The zero-order chi connectivity index (χ0) is 29.1. The van der Waals surface area contributed by atoms with Gasteiger partial charge in [0.25, 0.3) is 0 Å². The van der Waals surface area contributed by atoms with Gasteiger partial charge in [0.05, 0.1) is 29.6 Å². The van der Waals surface area contributed by atoms with Gasteiger partial charge in [0.1, 0.15) is 12.4 Å². The van der Waals surface area contributed by atoms with Gasteiger partial charge in [-0.25, -0.2) is 5.01 Å². The summed E-state index contributed by atoms with van der Waals surface area (Å²) in [6.45, 7) is 4.77. The number of hydrogen-bond acceptors (Lipinski definition) is 7. The molecule has 1 atom stereocenters. The average molecular weight is 602 g/mol. The first kappa shape index (κ1) is 28.1. The Morgan fingerprint density at radius 2 is 1.60 bits per heavy atom. The van der Waals surface area contributed by atoms with E-state index in [1.54, 1.807) is 0 Å². The van der Waals surface area contributed by atoms with Crippen molar-refractivity contribution in [2.75, 3.05) is 41.1 Å². The molecule has 0 spiro atoms. The van der Waals surface area contributed by atoms with Crippen LogP contribution in [0.5, 0.6) is 5.75 Å². The first-order chi connectivity index (χ1) is 20.5. The second-order valence-corrected chi connectivity index (χ2v) is 10.9. The quantitative estimate of drug-likeness (QED) is 0.211. The third-order valence-corrected chi connectivity index (χ3v) is 8.01. The third kappa shape index (κ3) is 5.81. The zero-order valence-electron chi connectivity index (χ0n) is 23.1. The van der Waals surface area contributed by atoms with Gasteiger partial charge in [-0.2, -0.15) is 0 Å². The molecule has 42 heavy (non-hydrogen) atoms. The number of anilines is 3. The molecule has 4 aromatic rings. The van der Waals surface area contributed by atoms with Crippen molar-refractivity contribution in [3.05, 3.63) is 118 Å². The molecule has 1 saturated heterocycles. The summed E-state index contributed by atoms with van der Waals surface area (Å²) in [7, 11) is 0. The Kier molecular flexibility index (Phi) is 8.33. The summed E-state index contributed by atoms with van der Waals surface area (Å²) in [4.78, 5) is 17.2. The highest BCUT2D eigenvalue weighted by molar-refractivity contribution is 6.44. The molecule has 0 aliphatic carbocycles. The van der Waals surface area contributed by atoms with Gasteiger partial charge in [-0.3, -0.25) is 9.69 Å². The van der Waals surface area contributed by atoms with Crippen LogP contribution >= 0.6 is 23.2 Å². The van der Waals surface area contributed by atoms with Gasteiger partial charge in [0, 0.05) is 36.3 Å². The molecule has 9 heteroatoms. The largest absolute Gasteiger partial charge is 0.489 e. The Bertz CT molecular complexity index is 1590. The SMILES string of the molecule is CC(=O)C1=NN(c2ccccc2)[C@H](c2ccc(OCc3ccccc3Cl)cc2)N1c1ccc(N2CCOCC2)c(Cl)c1. The lowest BCUT2D eigenvalue weighted by atomic mass is 10.1. The van der Waals surface area contributed by atoms with Crippen LogP contribution in [0.25, 0.3) is 0 Å². The molecule has 0 radical (unpaired) electrons. The molecule has 0 N–H and O–H groups in total. The van der Waals surface area contributed by atoms with Crippen LogP contribution in [0.1, 0.15) is 24.2 Å². The van der Waals surface area contributed by atoms with E-state index in [-0.39, 0.29) is 5.78 Å². The van der Waals surface area contributed by atoms with Gasteiger partial charge in [-0.05, 0) is 54.1 Å². The van der Waals surface area contributed by atoms with E-state index < -0.39 is 6.17 Å². The van der Waals surface area contributed by atoms with Crippen LogP contribution in [-0.2, 0) is 16.1 Å². The molecule has 0 bridgehead atoms. The van der Waals surface area contributed by atoms with Gasteiger partial charge in [-0.1, -0.05) is 71.7 Å². The number of Topliss-reactive ketones (excluding diaryl/α,β-unsaturated/α-hetero) is 1. The van der Waals surface area contributed by atoms with Crippen molar-refractivity contribution in [3.8, 4) is 5.75 Å². The Morgan fingerprint density at radius 3 is 2.29 bits per heavy atom. The summed E-state index contributed by atoms with van der Waals surface area (Å²) in [5.74, 6) is 0.893. The third-order valence-electron chi connectivity index (χ3n) is 7.33. The predicted octanol–water partition coefficient (Wildman–Crippen LogP) is 7.34. The lowest BCUT2D eigenvalue weighted by molar-refractivity contribution is -0.111. The van der Waals surface area contributed by atoms with Crippen molar-refractivity contribution in [3.63, 3.8) is 0 Å². The number of rotatable bonds is 8. The van der Waals surface area contributed by atoms with E-state index in [1.165, 1.54) is 6.92 Å². The van der Waals surface area contributed by atoms with Crippen LogP contribution in [0.15, 0.2) is 102 Å². The molecule has 6 rings (SSSR count). The van der Waals surface area contributed by atoms with Crippen molar-refractivity contribution >= 4 is 51.9 Å². The van der Waals surface area contributed by atoms with E-state index in [0.29, 0.717) is 41.5 Å². The van der Waals surface area contributed by atoms with Crippen molar-refractivity contribution in [1.82, 2.24) is 0 Å². The lowest BCUT2D eigenvalue weighted by Gasteiger charge is -2.33. The molecule has 214 valence electrons. The number of hydrazone groups is 1. The maximum Gasteiger partial charge on any atom is 0.198 e. The summed E-state index contributed by atoms with van der Waals surface area (Å²) in [6, 6.07) is 31.2. The molecule has 0 saturated carbocycles. The number of benzene rings is 4. The number of ether oxygens (including phenoxy) is 2. The Morgan fingerprint density at radius 1 is 0.881 bits per heavy atom. The van der Waals surface area contributed by atoms with Crippen LogP contribution in [0.2, 0.25) is 10.0 Å². The van der Waals surface area contributed by atoms with Crippen LogP contribution in [0.3, 0.4) is 0 Å². The topological polar surface area (TPSA) is 57.6 Å². The second-order valence-electron chi connectivity index (χ2n) is 10.1. The van der Waals surface area contributed by atoms with Crippen LogP contribution in [0.4, 0.5) is 17.1 Å². The minimum Gasteiger partial charge on any atom is -0.489 e. The summed E-state index contributed by atoms with van der Waals surface area (Å²) >= 11 is 13.2. The fourth-order valence-corrected chi connectivity index (χ4v) is 5.71. The second kappa shape index (κ2) is 12.4. The monoisotopic (exact) mass is 600 g/mol. The number of amidine groups is 1. The van der Waals surface area contributed by atoms with E-state index in [2.05, 4.69) is 4.90 Å². The normalized spacial score (nSPS) is 16.9. The van der Waals surface area contributed by atoms with Gasteiger partial charge < -0.3 is 14.4 Å². The standard InChI is InChI=1S/C33H30Cl2N4O3/c1-23(40)32-36-39(26-8-3-2-4-9-26)33(24-11-14-28(15-12-24)42-22-25-7-5-6-10-29(25)34)38(32)27-13-16-31(30(35)21-27)37-17-19-41-20-18-37/h2-16,21,33H,17-20,22H2,1H3/t33-/m1/s1. The number of morpholine rings is 1. The number of hydrogen-bond donors (Lipinski definition) is 0. The molecule has 4 aromatic carbocycles. The first-order valence-corrected chi connectivity index (χ1v) is 14.6. The number of halogens is 2. The predicted molar refractivity (Wildman–Crippen MR) is 169 cm³/mol. The molecular formula is C33H30Cl2N4O3. The lowest BCUT2D eigenvalue weighted by Crippen LogP contribution is -2.38. The van der Waals surface area contributed by atoms with Crippen molar-refractivity contribution < 1.29 is 14.3 Å².